The normalized spacial score (nSPS) is 19.0. The molecule has 5 rings (SSSR count). The molecule has 19 nitrogen and oxygen atoms in total. The number of nitrogens with one attached hydrogen (secondary N) is 1. The molecule has 3 aliphatic rings. The fourth-order valence-corrected chi connectivity index (χ4v) is 11.0. The van der Waals surface area contributed by atoms with Crippen molar-refractivity contribution in [3.8, 4) is 0 Å². The number of hydrogen-bond donors (Lipinski definition) is 1. The highest BCUT2D eigenvalue weighted by atomic mass is 32.2. The highest BCUT2D eigenvalue weighted by Crippen LogP contribution is 2.51. The molecule has 0 fully saturated rings. The molecule has 69 heavy (non-hydrogen) atoms. The molecule has 0 radical (unpaired) electrons. The Morgan fingerprint density at radius 3 is 1.88 bits per heavy atom. The third-order valence-corrected chi connectivity index (χ3v) is 15.8. The fraction of sp³-hybridized carbons (Fsp3) is 0.478. The Balaban J connectivity index is 1.34. The number of anilines is 1. The van der Waals surface area contributed by atoms with Crippen molar-refractivity contribution in [2.45, 2.75) is 112 Å². The molecular formula is C46H57N4O15S4-3. The number of benzene rings is 2. The van der Waals surface area contributed by atoms with Crippen LogP contribution < -0.4 is 10.2 Å². The molecule has 1 N–H and O–H groups in total. The summed E-state index contributed by atoms with van der Waals surface area (Å²) in [5, 5.41) is 2.91. The molecule has 3 aliphatic heterocycles. The van der Waals surface area contributed by atoms with E-state index in [1.807, 2.05) is 6.92 Å². The zero-order valence-corrected chi connectivity index (χ0v) is 41.9. The van der Waals surface area contributed by atoms with Crippen LogP contribution in [-0.2, 0) is 65.7 Å². The molecule has 23 heteroatoms. The van der Waals surface area contributed by atoms with E-state index in [0.29, 0.717) is 79.1 Å². The quantitative estimate of drug-likeness (QED) is 0.0457. The average molecular weight is 1030 g/mol. The molecule has 0 bridgehead atoms. The Labute approximate surface area is 404 Å². The molecule has 1 atom stereocenters. The molecule has 2 aromatic carbocycles. The SMILES string of the molecule is CC1(C)C(/C=C/C=C/C=C2/N(CCCS(=O)(=O)[O-])c3ccc(S(=O)(=O)[O-])cc3C2(C)CCCCCC(=O)NCCCCCCN2C(=O)C=CC2=O)=[N+](CCCS(=O)(=O)[O-])c2ccc(S(=O)(=O)[O-])cc21. The Morgan fingerprint density at radius 2 is 1.25 bits per heavy atom. The van der Waals surface area contributed by atoms with Crippen molar-refractivity contribution in [2.75, 3.05) is 42.6 Å². The van der Waals surface area contributed by atoms with E-state index in [9.17, 15) is 66.3 Å². The summed E-state index contributed by atoms with van der Waals surface area (Å²) in [5.41, 5.74) is 1.34. The molecule has 0 saturated carbocycles. The maximum atomic E-state index is 12.7. The second-order valence-corrected chi connectivity index (χ2v) is 23.7. The molecule has 0 aliphatic carbocycles. The number of fused-ring (bicyclic) bond motifs is 2. The number of hydrogen-bond acceptors (Lipinski definition) is 16. The first-order valence-corrected chi connectivity index (χ1v) is 28.5. The molecule has 0 spiro atoms. The van der Waals surface area contributed by atoms with Crippen LogP contribution in [-0.4, -0.2) is 122 Å². The van der Waals surface area contributed by atoms with Crippen LogP contribution in [0.25, 0.3) is 0 Å². The van der Waals surface area contributed by atoms with E-state index in [0.717, 1.165) is 25.3 Å². The van der Waals surface area contributed by atoms with Gasteiger partial charge >= 0.3 is 0 Å². The van der Waals surface area contributed by atoms with Crippen LogP contribution in [0.4, 0.5) is 11.4 Å². The van der Waals surface area contributed by atoms with Crippen LogP contribution in [0, 0.1) is 0 Å². The summed E-state index contributed by atoms with van der Waals surface area (Å²) < 4.78 is 144. The van der Waals surface area contributed by atoms with E-state index in [4.69, 9.17) is 0 Å². The van der Waals surface area contributed by atoms with Gasteiger partial charge in [-0.15, -0.1) is 0 Å². The second-order valence-electron chi connectivity index (χ2n) is 17.9. The van der Waals surface area contributed by atoms with E-state index in [1.165, 1.54) is 47.4 Å². The van der Waals surface area contributed by atoms with Crippen LogP contribution in [0.2, 0.25) is 0 Å². The number of nitrogens with zero attached hydrogens (tertiary/aromatic N) is 3. The topological polar surface area (TPSA) is 302 Å². The van der Waals surface area contributed by atoms with Crippen LogP contribution in [0.1, 0.15) is 103 Å². The fourth-order valence-electron chi connectivity index (χ4n) is 9.06. The molecular weight excluding hydrogens is 977 g/mol. The standard InChI is InChI=1S/C46H60N4O15S4/c1-45(2)36-32-34(68(60,61)62)19-21-38(36)48(28-14-30-66(54,55)56)40(45)16-8-6-9-17-41-46(3,37-33-35(69(63,64)65)20-22-39(37)49(41)29-15-31-67(57,58)59)25-11-7-10-18-42(51)47-26-12-4-5-13-27-50-43(52)23-24-44(50)53/h6,8-9,16-17,19-24,32-33H,4-5,7,10-15,18,25-31H2,1-3H3,(H4-,47,51,54,55,56,57,58,59,60,61,62,63,64,65)/p-3. The number of carbonyl (C=O) groups is 3. The van der Waals surface area contributed by atoms with E-state index in [-0.39, 0.29) is 50.1 Å². The number of unbranched alkanes of at least 4 members (excludes halogenated alkanes) is 5. The molecule has 2 aromatic rings. The van der Waals surface area contributed by atoms with Crippen LogP contribution in [0.15, 0.2) is 94.4 Å². The third kappa shape index (κ3) is 14.6. The summed E-state index contributed by atoms with van der Waals surface area (Å²) in [6, 6.07) is 7.84. The van der Waals surface area contributed by atoms with Crippen molar-refractivity contribution in [1.29, 1.82) is 0 Å². The lowest BCUT2D eigenvalue weighted by Crippen LogP contribution is -2.30. The summed E-state index contributed by atoms with van der Waals surface area (Å²) in [7, 11) is -18.9. The minimum absolute atomic E-state index is 0.0397. The summed E-state index contributed by atoms with van der Waals surface area (Å²) in [6.45, 7) is 6.38. The van der Waals surface area contributed by atoms with Crippen molar-refractivity contribution in [3.05, 3.63) is 95.8 Å². The minimum Gasteiger partial charge on any atom is -0.748 e. The van der Waals surface area contributed by atoms with Crippen LogP contribution in [0.3, 0.4) is 0 Å². The van der Waals surface area contributed by atoms with E-state index >= 15 is 0 Å². The van der Waals surface area contributed by atoms with Gasteiger partial charge in [-0.1, -0.05) is 43.9 Å². The highest BCUT2D eigenvalue weighted by molar-refractivity contribution is 7.86. The lowest BCUT2D eigenvalue weighted by Gasteiger charge is -2.31. The van der Waals surface area contributed by atoms with Gasteiger partial charge in [0, 0.05) is 90.6 Å². The summed E-state index contributed by atoms with van der Waals surface area (Å²) in [4.78, 5) is 38.1. The van der Waals surface area contributed by atoms with Crippen LogP contribution >= 0.6 is 0 Å². The van der Waals surface area contributed by atoms with Gasteiger partial charge in [0.1, 0.15) is 26.8 Å². The molecule has 0 aromatic heterocycles. The van der Waals surface area contributed by atoms with Gasteiger partial charge in [0.25, 0.3) is 11.8 Å². The van der Waals surface area contributed by atoms with Gasteiger partial charge in [-0.3, -0.25) is 19.3 Å². The van der Waals surface area contributed by atoms with E-state index < -0.39 is 72.6 Å². The molecule has 1 unspecified atom stereocenters. The monoisotopic (exact) mass is 1030 g/mol. The number of carbonyl (C=O) groups excluding carboxylic acids is 3. The first-order chi connectivity index (χ1) is 32.1. The first kappa shape index (κ1) is 55.1. The van der Waals surface area contributed by atoms with Crippen LogP contribution in [0.5, 0.6) is 0 Å². The van der Waals surface area contributed by atoms with Gasteiger partial charge in [-0.2, -0.15) is 4.58 Å². The second kappa shape index (κ2) is 22.5. The highest BCUT2D eigenvalue weighted by Gasteiger charge is 2.45. The largest absolute Gasteiger partial charge is 0.748 e. The predicted molar refractivity (Wildman–Crippen MR) is 251 cm³/mol. The lowest BCUT2D eigenvalue weighted by atomic mass is 9.77. The maximum absolute atomic E-state index is 12.7. The number of rotatable bonds is 26. The molecule has 3 heterocycles. The Kier molecular flexibility index (Phi) is 17.9. The summed E-state index contributed by atoms with van der Waals surface area (Å²) in [5.74, 6) is -2.08. The van der Waals surface area contributed by atoms with Gasteiger partial charge in [-0.05, 0) is 94.8 Å². The minimum atomic E-state index is -4.90. The molecule has 378 valence electrons. The Hall–Kier alpha value is -4.88. The summed E-state index contributed by atoms with van der Waals surface area (Å²) >= 11 is 0. The van der Waals surface area contributed by atoms with Gasteiger partial charge in [0.15, 0.2) is 5.71 Å². The lowest BCUT2D eigenvalue weighted by molar-refractivity contribution is -0.437. The van der Waals surface area contributed by atoms with Crippen molar-refractivity contribution >= 4 is 75.3 Å². The van der Waals surface area contributed by atoms with Crippen molar-refractivity contribution in [2.24, 2.45) is 0 Å². The molecule has 0 saturated heterocycles. The van der Waals surface area contributed by atoms with Crippen molar-refractivity contribution < 1.29 is 70.8 Å². The van der Waals surface area contributed by atoms with E-state index in [1.54, 1.807) is 53.7 Å². The van der Waals surface area contributed by atoms with E-state index in [2.05, 4.69) is 5.32 Å². The number of allylic oxidation sites excluding steroid dienone is 6. The molecule has 3 amide bonds. The van der Waals surface area contributed by atoms with Crippen molar-refractivity contribution in [3.63, 3.8) is 0 Å². The Bertz CT molecular complexity index is 2910. The zero-order chi connectivity index (χ0) is 51.0. The smallest absolute Gasteiger partial charge is 0.253 e. The maximum Gasteiger partial charge on any atom is 0.253 e. The first-order valence-electron chi connectivity index (χ1n) is 22.5. The van der Waals surface area contributed by atoms with Gasteiger partial charge in [-0.25, -0.2) is 33.7 Å². The van der Waals surface area contributed by atoms with Gasteiger partial charge in [0.05, 0.1) is 35.4 Å². The average Bonchev–Trinajstić information content (AvgIpc) is 3.77. The van der Waals surface area contributed by atoms with Crippen molar-refractivity contribution in [1.82, 2.24) is 10.2 Å². The van der Waals surface area contributed by atoms with Gasteiger partial charge < -0.3 is 28.4 Å². The van der Waals surface area contributed by atoms with Gasteiger partial charge in [0.2, 0.25) is 11.6 Å². The summed E-state index contributed by atoms with van der Waals surface area (Å²) in [6.07, 6.45) is 16.2. The predicted octanol–water partition coefficient (Wildman–Crippen LogP) is 4.07. The third-order valence-electron chi connectivity index (χ3n) is 12.5. The number of imide groups is 1. The number of amides is 3. The Morgan fingerprint density at radius 1 is 0.667 bits per heavy atom. The zero-order valence-electron chi connectivity index (χ0n) is 38.6.